The first kappa shape index (κ1) is 15.3. The van der Waals surface area contributed by atoms with Crippen molar-refractivity contribution in [1.29, 1.82) is 0 Å². The highest BCUT2D eigenvalue weighted by Crippen LogP contribution is 2.30. The van der Waals surface area contributed by atoms with Gasteiger partial charge in [0.1, 0.15) is 0 Å². The Kier molecular flexibility index (Phi) is 5.16. The molecule has 0 saturated carbocycles. The van der Waals surface area contributed by atoms with Crippen LogP contribution in [-0.2, 0) is 23.8 Å². The van der Waals surface area contributed by atoms with E-state index in [0.717, 1.165) is 18.8 Å². The van der Waals surface area contributed by atoms with E-state index in [4.69, 9.17) is 14.2 Å². The maximum atomic E-state index is 11.9. The molecular formula is C15H19NO5. The van der Waals surface area contributed by atoms with Gasteiger partial charge in [-0.3, -0.25) is 4.79 Å². The van der Waals surface area contributed by atoms with E-state index in [1.54, 1.807) is 12.1 Å². The molecule has 1 aliphatic rings. The van der Waals surface area contributed by atoms with Gasteiger partial charge in [-0.1, -0.05) is 18.2 Å². The van der Waals surface area contributed by atoms with Gasteiger partial charge in [0, 0.05) is 31.3 Å². The predicted molar refractivity (Wildman–Crippen MR) is 76.0 cm³/mol. The fourth-order valence-corrected chi connectivity index (χ4v) is 2.31. The number of hydrogen-bond acceptors (Lipinski definition) is 6. The Hall–Kier alpha value is -2.08. The summed E-state index contributed by atoms with van der Waals surface area (Å²) in [6.45, 7) is 3.98. The third kappa shape index (κ3) is 3.72. The minimum atomic E-state index is -1.05. The number of esters is 2. The normalized spacial score (nSPS) is 16.2. The van der Waals surface area contributed by atoms with Gasteiger partial charge in [-0.25, -0.2) is 4.79 Å². The van der Waals surface area contributed by atoms with Gasteiger partial charge in [0.25, 0.3) is 0 Å². The number of benzene rings is 1. The SMILES string of the molecule is COC(=O)C(OC(C)=O)c1ccccc1N1CCOCC1. The van der Waals surface area contributed by atoms with Crippen LogP contribution in [0.15, 0.2) is 24.3 Å². The standard InChI is InChI=1S/C15H19NO5/c1-11(17)21-14(15(18)19-2)12-5-3-4-6-13(12)16-7-9-20-10-8-16/h3-6,14H,7-10H2,1-2H3. The molecule has 114 valence electrons. The topological polar surface area (TPSA) is 65.1 Å². The summed E-state index contributed by atoms with van der Waals surface area (Å²) in [6.07, 6.45) is -1.05. The minimum Gasteiger partial charge on any atom is -0.466 e. The number of hydrogen-bond donors (Lipinski definition) is 0. The number of rotatable bonds is 4. The first-order valence-corrected chi connectivity index (χ1v) is 6.80. The summed E-state index contributed by atoms with van der Waals surface area (Å²) < 4.78 is 15.2. The Bertz CT molecular complexity index is 511. The molecule has 1 unspecified atom stereocenters. The van der Waals surface area contributed by atoms with Gasteiger partial charge in [-0.05, 0) is 6.07 Å². The molecule has 0 spiro atoms. The first-order valence-electron chi connectivity index (χ1n) is 6.80. The molecule has 1 aromatic carbocycles. The molecule has 2 rings (SSSR count). The van der Waals surface area contributed by atoms with Crippen molar-refractivity contribution in [2.24, 2.45) is 0 Å². The van der Waals surface area contributed by atoms with E-state index in [2.05, 4.69) is 4.90 Å². The van der Waals surface area contributed by atoms with Gasteiger partial charge in [-0.2, -0.15) is 0 Å². The smallest absolute Gasteiger partial charge is 0.352 e. The molecule has 21 heavy (non-hydrogen) atoms. The van der Waals surface area contributed by atoms with Crippen LogP contribution in [0.3, 0.4) is 0 Å². The Balaban J connectivity index is 2.34. The highest BCUT2D eigenvalue weighted by Gasteiger charge is 2.29. The Morgan fingerprint density at radius 2 is 1.90 bits per heavy atom. The number of ether oxygens (including phenoxy) is 3. The average molecular weight is 293 g/mol. The molecule has 0 radical (unpaired) electrons. The quantitative estimate of drug-likeness (QED) is 0.780. The predicted octanol–water partition coefficient (Wildman–Crippen LogP) is 1.30. The summed E-state index contributed by atoms with van der Waals surface area (Å²) in [7, 11) is 1.27. The van der Waals surface area contributed by atoms with Crippen LogP contribution >= 0.6 is 0 Å². The zero-order valence-electron chi connectivity index (χ0n) is 12.2. The van der Waals surface area contributed by atoms with Crippen LogP contribution in [0.5, 0.6) is 0 Å². The average Bonchev–Trinajstić information content (AvgIpc) is 2.52. The van der Waals surface area contributed by atoms with Crippen molar-refractivity contribution in [2.75, 3.05) is 38.3 Å². The second-order valence-electron chi connectivity index (χ2n) is 4.67. The van der Waals surface area contributed by atoms with Gasteiger partial charge in [0.2, 0.25) is 6.10 Å². The monoisotopic (exact) mass is 293 g/mol. The maximum Gasteiger partial charge on any atom is 0.352 e. The third-order valence-corrected chi connectivity index (χ3v) is 3.27. The van der Waals surface area contributed by atoms with E-state index in [-0.39, 0.29) is 0 Å². The van der Waals surface area contributed by atoms with E-state index < -0.39 is 18.0 Å². The van der Waals surface area contributed by atoms with Crippen molar-refractivity contribution >= 4 is 17.6 Å². The van der Waals surface area contributed by atoms with Crippen molar-refractivity contribution in [3.05, 3.63) is 29.8 Å². The molecule has 1 saturated heterocycles. The molecule has 1 atom stereocenters. The molecule has 1 heterocycles. The van der Waals surface area contributed by atoms with Crippen molar-refractivity contribution in [3.8, 4) is 0 Å². The van der Waals surface area contributed by atoms with Crippen LogP contribution in [0.4, 0.5) is 5.69 Å². The van der Waals surface area contributed by atoms with Crippen LogP contribution in [0.2, 0.25) is 0 Å². The minimum absolute atomic E-state index is 0.526. The molecule has 1 aromatic rings. The van der Waals surface area contributed by atoms with Gasteiger partial charge in [0.05, 0.1) is 20.3 Å². The lowest BCUT2D eigenvalue weighted by atomic mass is 10.1. The lowest BCUT2D eigenvalue weighted by Gasteiger charge is -2.31. The number of anilines is 1. The Morgan fingerprint density at radius 1 is 1.24 bits per heavy atom. The van der Waals surface area contributed by atoms with Crippen molar-refractivity contribution < 1.29 is 23.8 Å². The summed E-state index contributed by atoms with van der Waals surface area (Å²) in [5.74, 6) is -1.12. The van der Waals surface area contributed by atoms with Gasteiger partial charge >= 0.3 is 11.9 Å². The maximum absolute atomic E-state index is 11.9. The summed E-state index contributed by atoms with van der Waals surface area (Å²) in [5, 5.41) is 0. The second kappa shape index (κ2) is 7.08. The van der Waals surface area contributed by atoms with Crippen LogP contribution in [0.1, 0.15) is 18.6 Å². The molecule has 1 aliphatic heterocycles. The number of carbonyl (C=O) groups excluding carboxylic acids is 2. The molecule has 0 N–H and O–H groups in total. The van der Waals surface area contributed by atoms with E-state index in [0.29, 0.717) is 18.8 Å². The lowest BCUT2D eigenvalue weighted by molar-refractivity contribution is -0.165. The highest BCUT2D eigenvalue weighted by atomic mass is 16.6. The Morgan fingerprint density at radius 3 is 2.52 bits per heavy atom. The number of nitrogens with zero attached hydrogens (tertiary/aromatic N) is 1. The van der Waals surface area contributed by atoms with E-state index in [1.807, 2.05) is 12.1 Å². The summed E-state index contributed by atoms with van der Waals surface area (Å²) in [6, 6.07) is 7.37. The summed E-state index contributed by atoms with van der Waals surface area (Å²) in [5.41, 5.74) is 1.49. The molecule has 6 heteroatoms. The Labute approximate surface area is 123 Å². The molecule has 0 aromatic heterocycles. The van der Waals surface area contributed by atoms with E-state index in [9.17, 15) is 9.59 Å². The molecule has 0 amide bonds. The van der Waals surface area contributed by atoms with E-state index in [1.165, 1.54) is 14.0 Å². The van der Waals surface area contributed by atoms with Crippen LogP contribution in [0, 0.1) is 0 Å². The van der Waals surface area contributed by atoms with E-state index >= 15 is 0 Å². The van der Waals surface area contributed by atoms with Gasteiger partial charge < -0.3 is 19.1 Å². The van der Waals surface area contributed by atoms with Gasteiger partial charge in [0.15, 0.2) is 0 Å². The first-order chi connectivity index (χ1) is 10.1. The van der Waals surface area contributed by atoms with Crippen molar-refractivity contribution in [1.82, 2.24) is 0 Å². The number of para-hydroxylation sites is 1. The van der Waals surface area contributed by atoms with Crippen molar-refractivity contribution in [3.63, 3.8) is 0 Å². The largest absolute Gasteiger partial charge is 0.466 e. The molecule has 1 fully saturated rings. The molecule has 0 aliphatic carbocycles. The third-order valence-electron chi connectivity index (χ3n) is 3.27. The summed E-state index contributed by atoms with van der Waals surface area (Å²) in [4.78, 5) is 25.3. The molecule has 6 nitrogen and oxygen atoms in total. The van der Waals surface area contributed by atoms with Crippen LogP contribution < -0.4 is 4.90 Å². The number of carbonyl (C=O) groups is 2. The van der Waals surface area contributed by atoms with Crippen LogP contribution in [-0.4, -0.2) is 45.4 Å². The fourth-order valence-electron chi connectivity index (χ4n) is 2.31. The van der Waals surface area contributed by atoms with Gasteiger partial charge in [-0.15, -0.1) is 0 Å². The fraction of sp³-hybridized carbons (Fsp3) is 0.467. The zero-order chi connectivity index (χ0) is 15.2. The number of methoxy groups -OCH3 is 1. The second-order valence-corrected chi connectivity index (χ2v) is 4.67. The lowest BCUT2D eigenvalue weighted by Crippen LogP contribution is -2.37. The highest BCUT2D eigenvalue weighted by molar-refractivity contribution is 5.82. The van der Waals surface area contributed by atoms with Crippen molar-refractivity contribution in [2.45, 2.75) is 13.0 Å². The molecule has 0 bridgehead atoms. The summed E-state index contributed by atoms with van der Waals surface area (Å²) >= 11 is 0. The zero-order valence-corrected chi connectivity index (χ0v) is 12.2. The van der Waals surface area contributed by atoms with Crippen LogP contribution in [0.25, 0.3) is 0 Å². The number of morpholine rings is 1. The molecular weight excluding hydrogens is 274 g/mol.